The van der Waals surface area contributed by atoms with Crippen LogP contribution in [-0.2, 0) is 6.54 Å². The van der Waals surface area contributed by atoms with Crippen LogP contribution in [0.25, 0.3) is 0 Å². The summed E-state index contributed by atoms with van der Waals surface area (Å²) in [5, 5.41) is 13.9. The van der Waals surface area contributed by atoms with Crippen molar-refractivity contribution in [3.8, 4) is 0 Å². The number of benzene rings is 2. The van der Waals surface area contributed by atoms with Gasteiger partial charge in [0, 0.05) is 48.5 Å². The molecule has 0 radical (unpaired) electrons. The normalized spacial score (nSPS) is 10.2. The second-order valence-electron chi connectivity index (χ2n) is 5.17. The smallest absolute Gasteiger partial charge is 0.270 e. The van der Waals surface area contributed by atoms with Gasteiger partial charge in [-0.1, -0.05) is 12.1 Å². The van der Waals surface area contributed by atoms with Gasteiger partial charge in [0.1, 0.15) is 0 Å². The van der Waals surface area contributed by atoms with E-state index in [4.69, 9.17) is 0 Å². The summed E-state index contributed by atoms with van der Waals surface area (Å²) in [7, 11) is 3.42. The summed E-state index contributed by atoms with van der Waals surface area (Å²) < 4.78 is 0.631. The van der Waals surface area contributed by atoms with Crippen LogP contribution in [-0.4, -0.2) is 29.8 Å². The molecule has 0 bridgehead atoms. The summed E-state index contributed by atoms with van der Waals surface area (Å²) >= 11 is 3.32. The maximum absolute atomic E-state index is 11.8. The predicted molar refractivity (Wildman–Crippen MR) is 92.6 cm³/mol. The number of hydrogen-bond donors (Lipinski definition) is 1. The molecule has 0 aliphatic heterocycles. The van der Waals surface area contributed by atoms with Gasteiger partial charge in [0.25, 0.3) is 11.6 Å². The van der Waals surface area contributed by atoms with Crippen LogP contribution in [0.4, 0.5) is 11.4 Å². The Hall–Kier alpha value is -2.41. The van der Waals surface area contributed by atoms with Crippen LogP contribution < -0.4 is 5.32 Å². The Morgan fingerprint density at radius 2 is 1.87 bits per heavy atom. The molecule has 0 aliphatic rings. The van der Waals surface area contributed by atoms with Crippen molar-refractivity contribution in [2.24, 2.45) is 0 Å². The molecule has 0 heterocycles. The first kappa shape index (κ1) is 17.0. The second-order valence-corrected chi connectivity index (χ2v) is 6.03. The van der Waals surface area contributed by atoms with Gasteiger partial charge in [-0.2, -0.15) is 0 Å². The molecule has 0 aliphatic carbocycles. The SMILES string of the molecule is CN(C)C(=O)c1ccc(CNc2ccc([N+](=O)[O-])cc2Br)cc1. The Morgan fingerprint density at radius 3 is 2.39 bits per heavy atom. The first-order valence-corrected chi connectivity index (χ1v) is 7.66. The maximum Gasteiger partial charge on any atom is 0.270 e. The second kappa shape index (κ2) is 7.23. The minimum Gasteiger partial charge on any atom is -0.380 e. The van der Waals surface area contributed by atoms with Crippen molar-refractivity contribution < 1.29 is 9.72 Å². The van der Waals surface area contributed by atoms with Crippen molar-refractivity contribution in [2.75, 3.05) is 19.4 Å². The number of nitrogens with one attached hydrogen (secondary N) is 1. The summed E-state index contributed by atoms with van der Waals surface area (Å²) in [6.45, 7) is 0.548. The van der Waals surface area contributed by atoms with E-state index in [2.05, 4.69) is 21.2 Å². The molecule has 120 valence electrons. The first-order valence-electron chi connectivity index (χ1n) is 6.87. The van der Waals surface area contributed by atoms with Crippen molar-refractivity contribution in [3.05, 3.63) is 68.2 Å². The minimum atomic E-state index is -0.435. The molecule has 0 saturated carbocycles. The number of non-ortho nitro benzene ring substituents is 1. The van der Waals surface area contributed by atoms with E-state index in [0.29, 0.717) is 16.6 Å². The number of carbonyl (C=O) groups excluding carboxylic acids is 1. The van der Waals surface area contributed by atoms with Gasteiger partial charge in [-0.15, -0.1) is 0 Å². The predicted octanol–water partition coefficient (Wildman–Crippen LogP) is 3.67. The fourth-order valence-electron chi connectivity index (χ4n) is 1.98. The molecular formula is C16H16BrN3O3. The van der Waals surface area contributed by atoms with E-state index in [1.54, 1.807) is 32.3 Å². The van der Waals surface area contributed by atoms with E-state index < -0.39 is 4.92 Å². The van der Waals surface area contributed by atoms with E-state index in [9.17, 15) is 14.9 Å². The van der Waals surface area contributed by atoms with E-state index in [-0.39, 0.29) is 11.6 Å². The molecule has 23 heavy (non-hydrogen) atoms. The van der Waals surface area contributed by atoms with Gasteiger partial charge in [-0.25, -0.2) is 0 Å². The van der Waals surface area contributed by atoms with Gasteiger partial charge < -0.3 is 10.2 Å². The lowest BCUT2D eigenvalue weighted by Crippen LogP contribution is -2.21. The lowest BCUT2D eigenvalue weighted by Gasteiger charge is -2.11. The summed E-state index contributed by atoms with van der Waals surface area (Å²) in [4.78, 5) is 23.6. The Labute approximate surface area is 142 Å². The van der Waals surface area contributed by atoms with E-state index in [1.807, 2.05) is 12.1 Å². The largest absolute Gasteiger partial charge is 0.380 e. The fraction of sp³-hybridized carbons (Fsp3) is 0.188. The maximum atomic E-state index is 11.8. The highest BCUT2D eigenvalue weighted by Crippen LogP contribution is 2.27. The minimum absolute atomic E-state index is 0.0361. The zero-order valence-corrected chi connectivity index (χ0v) is 14.3. The van der Waals surface area contributed by atoms with Crippen molar-refractivity contribution in [2.45, 2.75) is 6.54 Å². The third-order valence-corrected chi connectivity index (χ3v) is 3.91. The third kappa shape index (κ3) is 4.29. The topological polar surface area (TPSA) is 75.5 Å². The Morgan fingerprint density at radius 1 is 1.22 bits per heavy atom. The van der Waals surface area contributed by atoms with Gasteiger partial charge in [-0.05, 0) is 39.7 Å². The number of rotatable bonds is 5. The summed E-state index contributed by atoms with van der Waals surface area (Å²) in [5.41, 5.74) is 2.44. The zero-order valence-electron chi connectivity index (χ0n) is 12.7. The van der Waals surface area contributed by atoms with Crippen molar-refractivity contribution >= 4 is 33.2 Å². The number of nitro groups is 1. The molecule has 0 spiro atoms. The molecule has 6 nitrogen and oxygen atoms in total. The van der Waals surface area contributed by atoms with Crippen LogP contribution in [0.2, 0.25) is 0 Å². The molecule has 1 N–H and O–H groups in total. The molecule has 2 rings (SSSR count). The lowest BCUT2D eigenvalue weighted by atomic mass is 10.1. The van der Waals surface area contributed by atoms with E-state index in [1.165, 1.54) is 17.0 Å². The Kier molecular flexibility index (Phi) is 5.33. The van der Waals surface area contributed by atoms with Gasteiger partial charge in [0.05, 0.1) is 4.92 Å². The Bertz CT molecular complexity index is 730. The zero-order chi connectivity index (χ0) is 17.0. The molecule has 0 saturated heterocycles. The molecule has 0 aromatic heterocycles. The Balaban J connectivity index is 2.04. The van der Waals surface area contributed by atoms with Gasteiger partial charge >= 0.3 is 0 Å². The summed E-state index contributed by atoms with van der Waals surface area (Å²) in [5.74, 6) is -0.0392. The molecule has 2 aromatic carbocycles. The number of nitro benzene ring substituents is 1. The van der Waals surface area contributed by atoms with Gasteiger partial charge in [0.15, 0.2) is 0 Å². The fourth-order valence-corrected chi connectivity index (χ4v) is 2.49. The first-order chi connectivity index (χ1) is 10.9. The molecule has 1 amide bonds. The molecule has 2 aromatic rings. The van der Waals surface area contributed by atoms with Crippen LogP contribution in [0.5, 0.6) is 0 Å². The van der Waals surface area contributed by atoms with Crippen LogP contribution in [0.1, 0.15) is 15.9 Å². The van der Waals surface area contributed by atoms with Crippen molar-refractivity contribution in [3.63, 3.8) is 0 Å². The van der Waals surface area contributed by atoms with Crippen LogP contribution in [0.3, 0.4) is 0 Å². The quantitative estimate of drug-likeness (QED) is 0.636. The summed E-state index contributed by atoms with van der Waals surface area (Å²) in [6, 6.07) is 11.9. The monoisotopic (exact) mass is 377 g/mol. The lowest BCUT2D eigenvalue weighted by molar-refractivity contribution is -0.384. The average Bonchev–Trinajstić information content (AvgIpc) is 2.53. The molecule has 0 atom stereocenters. The van der Waals surface area contributed by atoms with E-state index in [0.717, 1.165) is 11.3 Å². The highest BCUT2D eigenvalue weighted by Gasteiger charge is 2.10. The highest BCUT2D eigenvalue weighted by molar-refractivity contribution is 9.10. The van der Waals surface area contributed by atoms with E-state index >= 15 is 0 Å². The molecular weight excluding hydrogens is 362 g/mol. The molecule has 0 fully saturated rings. The van der Waals surface area contributed by atoms with Crippen molar-refractivity contribution in [1.29, 1.82) is 0 Å². The third-order valence-electron chi connectivity index (χ3n) is 3.25. The highest BCUT2D eigenvalue weighted by atomic mass is 79.9. The number of carbonyl (C=O) groups is 1. The number of amides is 1. The number of hydrogen-bond acceptors (Lipinski definition) is 4. The average molecular weight is 378 g/mol. The molecule has 7 heteroatoms. The molecule has 0 unspecified atom stereocenters. The van der Waals surface area contributed by atoms with Crippen LogP contribution in [0, 0.1) is 10.1 Å². The number of halogens is 1. The van der Waals surface area contributed by atoms with Gasteiger partial charge in [0.2, 0.25) is 0 Å². The van der Waals surface area contributed by atoms with Crippen molar-refractivity contribution in [1.82, 2.24) is 4.90 Å². The summed E-state index contributed by atoms with van der Waals surface area (Å²) in [6.07, 6.45) is 0. The number of nitrogens with zero attached hydrogens (tertiary/aromatic N) is 2. The number of anilines is 1. The standard InChI is InChI=1S/C16H16BrN3O3/c1-19(2)16(21)12-5-3-11(4-6-12)10-18-15-8-7-13(20(22)23)9-14(15)17/h3-9,18H,10H2,1-2H3. The van der Waals surface area contributed by atoms with Gasteiger partial charge in [-0.3, -0.25) is 14.9 Å². The van der Waals surface area contributed by atoms with Crippen LogP contribution in [0.15, 0.2) is 46.9 Å². The van der Waals surface area contributed by atoms with Crippen LogP contribution >= 0.6 is 15.9 Å².